The third kappa shape index (κ3) is 6.29. The Hall–Kier alpha value is -4.40. The number of nitrogens with one attached hydrogen (secondary N) is 1. The standard InChI is InChI=1S/C29H31N3O6/c1-3-37-29(36)20-12-14-32(15-13-20)27(34)18-38-26-11-9-22(23-6-4-5-7-24(23)26)17-30-31-28(35)21-8-10-25(33)19(2)16-21/h4-11,16-17,20,33H,3,12-15,18H2,1-2H3,(H,31,35)/b30-17+. The lowest BCUT2D eigenvalue weighted by atomic mass is 9.97. The highest BCUT2D eigenvalue weighted by Crippen LogP contribution is 2.28. The molecule has 2 amide bonds. The minimum atomic E-state index is -0.390. The maximum atomic E-state index is 12.7. The first kappa shape index (κ1) is 26.7. The number of aromatic hydroxyl groups is 1. The summed E-state index contributed by atoms with van der Waals surface area (Å²) in [4.78, 5) is 38.8. The third-order valence-corrected chi connectivity index (χ3v) is 6.57. The van der Waals surface area contributed by atoms with Gasteiger partial charge < -0.3 is 19.5 Å². The van der Waals surface area contributed by atoms with Crippen LogP contribution in [0, 0.1) is 12.8 Å². The second-order valence-corrected chi connectivity index (χ2v) is 9.09. The van der Waals surface area contributed by atoms with E-state index in [1.165, 1.54) is 12.1 Å². The molecule has 198 valence electrons. The van der Waals surface area contributed by atoms with Crippen LogP contribution in [0.1, 0.15) is 41.3 Å². The molecule has 1 aliphatic heterocycles. The number of rotatable bonds is 8. The molecule has 0 saturated carbocycles. The van der Waals surface area contributed by atoms with E-state index < -0.39 is 5.91 Å². The Morgan fingerprint density at radius 2 is 1.82 bits per heavy atom. The summed E-state index contributed by atoms with van der Waals surface area (Å²) < 4.78 is 11.0. The van der Waals surface area contributed by atoms with Crippen LogP contribution in [0.5, 0.6) is 11.5 Å². The zero-order chi connectivity index (χ0) is 27.1. The van der Waals surface area contributed by atoms with E-state index in [0.29, 0.717) is 49.4 Å². The van der Waals surface area contributed by atoms with E-state index in [4.69, 9.17) is 9.47 Å². The minimum Gasteiger partial charge on any atom is -0.508 e. The van der Waals surface area contributed by atoms with Gasteiger partial charge in [0.05, 0.1) is 18.7 Å². The van der Waals surface area contributed by atoms with Crippen LogP contribution in [0.3, 0.4) is 0 Å². The monoisotopic (exact) mass is 517 g/mol. The summed E-state index contributed by atoms with van der Waals surface area (Å²) in [5, 5.41) is 15.4. The molecule has 1 fully saturated rings. The number of likely N-dealkylation sites (tertiary alicyclic amines) is 1. The van der Waals surface area contributed by atoms with E-state index >= 15 is 0 Å². The largest absolute Gasteiger partial charge is 0.508 e. The van der Waals surface area contributed by atoms with Gasteiger partial charge in [-0.3, -0.25) is 14.4 Å². The predicted molar refractivity (Wildman–Crippen MR) is 143 cm³/mol. The van der Waals surface area contributed by atoms with E-state index in [9.17, 15) is 19.5 Å². The summed E-state index contributed by atoms with van der Waals surface area (Å²) in [6, 6.07) is 15.8. The first-order valence-corrected chi connectivity index (χ1v) is 12.6. The molecule has 0 radical (unpaired) electrons. The molecule has 0 unspecified atom stereocenters. The maximum Gasteiger partial charge on any atom is 0.309 e. The SMILES string of the molecule is CCOC(=O)C1CCN(C(=O)COc2ccc(/C=N/NC(=O)c3ccc(O)c(C)c3)c3ccccc23)CC1. The fraction of sp³-hybridized carbons (Fsp3) is 0.310. The van der Waals surface area contributed by atoms with E-state index in [2.05, 4.69) is 10.5 Å². The summed E-state index contributed by atoms with van der Waals surface area (Å²) in [5.41, 5.74) is 4.26. The third-order valence-electron chi connectivity index (χ3n) is 6.57. The molecule has 1 heterocycles. The zero-order valence-corrected chi connectivity index (χ0v) is 21.5. The molecule has 9 heteroatoms. The number of fused-ring (bicyclic) bond motifs is 1. The second-order valence-electron chi connectivity index (χ2n) is 9.09. The Labute approximate surface area is 221 Å². The summed E-state index contributed by atoms with van der Waals surface area (Å²) in [5.74, 6) is -0.183. The van der Waals surface area contributed by atoms with Gasteiger partial charge >= 0.3 is 5.97 Å². The average Bonchev–Trinajstić information content (AvgIpc) is 2.93. The highest BCUT2D eigenvalue weighted by Gasteiger charge is 2.28. The van der Waals surface area contributed by atoms with Crippen molar-refractivity contribution in [1.29, 1.82) is 0 Å². The van der Waals surface area contributed by atoms with Crippen molar-refractivity contribution in [1.82, 2.24) is 10.3 Å². The van der Waals surface area contributed by atoms with Crippen LogP contribution in [-0.4, -0.2) is 60.3 Å². The van der Waals surface area contributed by atoms with Crippen molar-refractivity contribution in [3.05, 3.63) is 71.3 Å². The van der Waals surface area contributed by atoms with Crippen LogP contribution in [0.15, 0.2) is 59.7 Å². The van der Waals surface area contributed by atoms with E-state index in [1.54, 1.807) is 37.1 Å². The number of ether oxygens (including phenoxy) is 2. The minimum absolute atomic E-state index is 0.108. The van der Waals surface area contributed by atoms with E-state index in [0.717, 1.165) is 16.3 Å². The smallest absolute Gasteiger partial charge is 0.309 e. The van der Waals surface area contributed by atoms with E-state index in [-0.39, 0.29) is 30.2 Å². The van der Waals surface area contributed by atoms with Crippen molar-refractivity contribution in [2.45, 2.75) is 26.7 Å². The fourth-order valence-corrected chi connectivity index (χ4v) is 4.41. The molecule has 3 aromatic rings. The van der Waals surface area contributed by atoms with Gasteiger partial charge in [-0.1, -0.05) is 24.3 Å². The number of hydrazone groups is 1. The van der Waals surface area contributed by atoms with Crippen molar-refractivity contribution >= 4 is 34.8 Å². The Morgan fingerprint density at radius 3 is 2.53 bits per heavy atom. The maximum absolute atomic E-state index is 12.7. The normalized spacial score (nSPS) is 14.0. The summed E-state index contributed by atoms with van der Waals surface area (Å²) in [7, 11) is 0. The van der Waals surface area contributed by atoms with Crippen molar-refractivity contribution in [2.75, 3.05) is 26.3 Å². The number of amides is 2. The van der Waals surface area contributed by atoms with Gasteiger partial charge in [0.15, 0.2) is 6.61 Å². The molecule has 9 nitrogen and oxygen atoms in total. The Morgan fingerprint density at radius 1 is 1.08 bits per heavy atom. The molecule has 0 atom stereocenters. The molecular weight excluding hydrogens is 486 g/mol. The molecule has 0 aliphatic carbocycles. The van der Waals surface area contributed by atoms with E-state index in [1.807, 2.05) is 30.3 Å². The zero-order valence-electron chi connectivity index (χ0n) is 21.5. The molecular formula is C29H31N3O6. The second kappa shape index (κ2) is 12.2. The number of piperidine rings is 1. The van der Waals surface area contributed by atoms with Crippen LogP contribution in [0.4, 0.5) is 0 Å². The first-order valence-electron chi connectivity index (χ1n) is 12.6. The van der Waals surface area contributed by atoms with Crippen LogP contribution in [0.2, 0.25) is 0 Å². The number of phenolic OH excluding ortho intramolecular Hbond substituents is 1. The number of phenols is 1. The van der Waals surface area contributed by atoms with Gasteiger partial charge in [-0.15, -0.1) is 0 Å². The van der Waals surface area contributed by atoms with Gasteiger partial charge in [0.25, 0.3) is 11.8 Å². The van der Waals surface area contributed by atoms with Gasteiger partial charge in [0.1, 0.15) is 11.5 Å². The van der Waals surface area contributed by atoms with Crippen molar-refractivity contribution in [3.63, 3.8) is 0 Å². The summed E-state index contributed by atoms with van der Waals surface area (Å²) >= 11 is 0. The average molecular weight is 518 g/mol. The highest BCUT2D eigenvalue weighted by molar-refractivity contribution is 6.03. The first-order chi connectivity index (χ1) is 18.4. The number of esters is 1. The fourth-order valence-electron chi connectivity index (χ4n) is 4.41. The molecule has 2 N–H and O–H groups in total. The molecule has 1 aliphatic rings. The van der Waals surface area contributed by atoms with Crippen molar-refractivity contribution in [3.8, 4) is 11.5 Å². The van der Waals surface area contributed by atoms with Crippen LogP contribution in [-0.2, 0) is 14.3 Å². The molecule has 38 heavy (non-hydrogen) atoms. The Bertz CT molecular complexity index is 1360. The van der Waals surface area contributed by atoms with Gasteiger partial charge in [-0.25, -0.2) is 5.43 Å². The Balaban J connectivity index is 1.38. The van der Waals surface area contributed by atoms with Gasteiger partial charge in [-0.05, 0) is 68.0 Å². The summed E-state index contributed by atoms with van der Waals surface area (Å²) in [6.45, 7) is 4.75. The number of benzene rings is 3. The van der Waals surface area contributed by atoms with Crippen LogP contribution >= 0.6 is 0 Å². The number of carbonyl (C=O) groups is 3. The van der Waals surface area contributed by atoms with Crippen molar-refractivity contribution < 1.29 is 29.0 Å². The van der Waals surface area contributed by atoms with Gasteiger partial charge in [-0.2, -0.15) is 5.10 Å². The molecule has 3 aromatic carbocycles. The molecule has 0 bridgehead atoms. The number of hydrogen-bond acceptors (Lipinski definition) is 7. The van der Waals surface area contributed by atoms with Crippen LogP contribution < -0.4 is 10.2 Å². The molecule has 0 aromatic heterocycles. The lowest BCUT2D eigenvalue weighted by Crippen LogP contribution is -2.42. The number of hydrogen-bond donors (Lipinski definition) is 2. The number of carbonyl (C=O) groups excluding carboxylic acids is 3. The van der Waals surface area contributed by atoms with Crippen LogP contribution in [0.25, 0.3) is 10.8 Å². The molecule has 1 saturated heterocycles. The Kier molecular flexibility index (Phi) is 8.58. The topological polar surface area (TPSA) is 118 Å². The van der Waals surface area contributed by atoms with Gasteiger partial charge in [0, 0.05) is 29.6 Å². The lowest BCUT2D eigenvalue weighted by molar-refractivity contribution is -0.151. The molecule has 4 rings (SSSR count). The highest BCUT2D eigenvalue weighted by atomic mass is 16.5. The number of aryl methyl sites for hydroxylation is 1. The molecule has 0 spiro atoms. The van der Waals surface area contributed by atoms with Crippen molar-refractivity contribution in [2.24, 2.45) is 11.0 Å². The number of nitrogens with zero attached hydrogens (tertiary/aromatic N) is 2. The summed E-state index contributed by atoms with van der Waals surface area (Å²) in [6.07, 6.45) is 2.73. The predicted octanol–water partition coefficient (Wildman–Crippen LogP) is 3.80. The van der Waals surface area contributed by atoms with Gasteiger partial charge in [0.2, 0.25) is 0 Å². The quantitative estimate of drug-likeness (QED) is 0.267. The lowest BCUT2D eigenvalue weighted by Gasteiger charge is -2.30.